The SMILES string of the molecule is C=C[Si](C)(CC[Si](COC)c1ccccc1)c1ccccc1. The highest BCUT2D eigenvalue weighted by molar-refractivity contribution is 6.95. The minimum absolute atomic E-state index is 0.658. The van der Waals surface area contributed by atoms with Crippen molar-refractivity contribution in [3.63, 3.8) is 0 Å². The highest BCUT2D eigenvalue weighted by Gasteiger charge is 2.27. The van der Waals surface area contributed by atoms with Gasteiger partial charge in [-0.2, -0.15) is 0 Å². The average Bonchev–Trinajstić information content (AvgIpc) is 2.60. The summed E-state index contributed by atoms with van der Waals surface area (Å²) in [4.78, 5) is 0. The van der Waals surface area contributed by atoms with Crippen LogP contribution >= 0.6 is 0 Å². The second-order valence-corrected chi connectivity index (χ2v) is 12.8. The summed E-state index contributed by atoms with van der Waals surface area (Å²) >= 11 is 0. The van der Waals surface area contributed by atoms with Gasteiger partial charge in [0.2, 0.25) is 0 Å². The molecule has 0 saturated carbocycles. The molecule has 0 fully saturated rings. The number of benzene rings is 2. The third kappa shape index (κ3) is 4.29. The molecule has 0 aliphatic rings. The minimum atomic E-state index is -1.59. The lowest BCUT2D eigenvalue weighted by Gasteiger charge is -2.26. The van der Waals surface area contributed by atoms with Crippen molar-refractivity contribution in [3.8, 4) is 0 Å². The van der Waals surface area contributed by atoms with Crippen molar-refractivity contribution in [2.75, 3.05) is 13.3 Å². The molecule has 0 aromatic heterocycles. The van der Waals surface area contributed by atoms with Gasteiger partial charge in [0.25, 0.3) is 0 Å². The fraction of sp³-hybridized carbons (Fsp3) is 0.263. The van der Waals surface area contributed by atoms with Gasteiger partial charge in [-0.1, -0.05) is 95.4 Å². The Morgan fingerprint density at radius 2 is 1.64 bits per heavy atom. The van der Waals surface area contributed by atoms with E-state index in [1.807, 2.05) is 7.11 Å². The molecule has 22 heavy (non-hydrogen) atoms. The van der Waals surface area contributed by atoms with E-state index in [0.29, 0.717) is 0 Å². The van der Waals surface area contributed by atoms with Crippen LogP contribution in [0.15, 0.2) is 72.9 Å². The van der Waals surface area contributed by atoms with E-state index in [1.54, 1.807) is 0 Å². The van der Waals surface area contributed by atoms with Gasteiger partial charge in [-0.25, -0.2) is 0 Å². The molecule has 0 aliphatic heterocycles. The van der Waals surface area contributed by atoms with Crippen molar-refractivity contribution in [3.05, 3.63) is 72.9 Å². The number of rotatable bonds is 8. The summed E-state index contributed by atoms with van der Waals surface area (Å²) in [6.07, 6.45) is 0.880. The number of hydrogen-bond donors (Lipinski definition) is 0. The molecule has 0 heterocycles. The lowest BCUT2D eigenvalue weighted by Crippen LogP contribution is -2.45. The predicted molar refractivity (Wildman–Crippen MR) is 101 cm³/mol. The molecule has 0 bridgehead atoms. The largest absolute Gasteiger partial charge is 0.388 e. The van der Waals surface area contributed by atoms with Crippen LogP contribution in [0.5, 0.6) is 0 Å². The van der Waals surface area contributed by atoms with Crippen LogP contribution in [0.25, 0.3) is 0 Å². The Hall–Kier alpha value is -1.43. The molecule has 0 aliphatic carbocycles. The van der Waals surface area contributed by atoms with E-state index in [-0.39, 0.29) is 0 Å². The number of ether oxygens (including phenoxy) is 1. The molecule has 0 spiro atoms. The van der Waals surface area contributed by atoms with E-state index in [1.165, 1.54) is 22.5 Å². The van der Waals surface area contributed by atoms with Crippen LogP contribution in [0.4, 0.5) is 0 Å². The van der Waals surface area contributed by atoms with Crippen molar-refractivity contribution < 1.29 is 4.74 Å². The second-order valence-electron chi connectivity index (χ2n) is 5.89. The van der Waals surface area contributed by atoms with Crippen molar-refractivity contribution in [2.45, 2.75) is 18.6 Å². The van der Waals surface area contributed by atoms with Gasteiger partial charge in [-0.15, -0.1) is 6.58 Å². The minimum Gasteiger partial charge on any atom is -0.388 e. The van der Waals surface area contributed by atoms with Gasteiger partial charge in [0, 0.05) is 13.3 Å². The molecule has 2 aromatic carbocycles. The normalized spacial score (nSPS) is 13.8. The van der Waals surface area contributed by atoms with E-state index in [9.17, 15) is 0 Å². The standard InChI is InChI=1S/C19H25OSi2/c1-4-22(3,19-13-9-6-10-14-19)16-15-21(17-20-2)18-11-7-5-8-12-18/h4-14H,1,15-17H2,2-3H3. The molecular weight excluding hydrogens is 300 g/mol. The molecule has 1 unspecified atom stereocenters. The number of methoxy groups -OCH3 is 1. The zero-order chi connectivity index (χ0) is 15.8. The third-order valence-corrected chi connectivity index (χ3v) is 11.3. The molecule has 2 aromatic rings. The fourth-order valence-electron chi connectivity index (χ4n) is 2.74. The van der Waals surface area contributed by atoms with Crippen LogP contribution in [0.1, 0.15) is 0 Å². The first kappa shape index (κ1) is 16.9. The highest BCUT2D eigenvalue weighted by Crippen LogP contribution is 2.16. The highest BCUT2D eigenvalue weighted by atomic mass is 28.3. The second kappa shape index (κ2) is 8.27. The maximum atomic E-state index is 5.50. The molecule has 115 valence electrons. The molecule has 1 nitrogen and oxygen atoms in total. The Balaban J connectivity index is 2.12. The van der Waals surface area contributed by atoms with E-state index < -0.39 is 16.9 Å². The maximum absolute atomic E-state index is 5.50. The summed E-state index contributed by atoms with van der Waals surface area (Å²) in [6, 6.07) is 24.2. The van der Waals surface area contributed by atoms with Gasteiger partial charge in [0.15, 0.2) is 0 Å². The third-order valence-electron chi connectivity index (χ3n) is 4.33. The summed E-state index contributed by atoms with van der Waals surface area (Å²) in [5, 5.41) is 2.96. The average molecular weight is 326 g/mol. The Morgan fingerprint density at radius 3 is 2.18 bits per heavy atom. The van der Waals surface area contributed by atoms with E-state index in [4.69, 9.17) is 4.74 Å². The Morgan fingerprint density at radius 1 is 1.05 bits per heavy atom. The van der Waals surface area contributed by atoms with Crippen LogP contribution in [-0.4, -0.2) is 30.2 Å². The van der Waals surface area contributed by atoms with Crippen LogP contribution in [-0.2, 0) is 4.74 Å². The summed E-state index contributed by atoms with van der Waals surface area (Å²) < 4.78 is 5.50. The van der Waals surface area contributed by atoms with Crippen molar-refractivity contribution >= 4 is 27.2 Å². The maximum Gasteiger partial charge on any atom is 0.116 e. The molecule has 0 N–H and O–H groups in total. The predicted octanol–water partition coefficient (Wildman–Crippen LogP) is 3.29. The first-order valence-corrected chi connectivity index (χ1v) is 12.5. The van der Waals surface area contributed by atoms with Gasteiger partial charge < -0.3 is 4.74 Å². The van der Waals surface area contributed by atoms with Gasteiger partial charge in [0.1, 0.15) is 16.9 Å². The van der Waals surface area contributed by atoms with Crippen molar-refractivity contribution in [2.24, 2.45) is 0 Å². The first-order valence-electron chi connectivity index (χ1n) is 7.78. The number of hydrogen-bond acceptors (Lipinski definition) is 1. The van der Waals surface area contributed by atoms with Gasteiger partial charge in [-0.05, 0) is 0 Å². The zero-order valence-electron chi connectivity index (χ0n) is 13.6. The lowest BCUT2D eigenvalue weighted by atomic mass is 10.4. The fourth-order valence-corrected chi connectivity index (χ4v) is 9.32. The summed E-state index contributed by atoms with van der Waals surface area (Å²) in [6.45, 7) is 6.57. The molecule has 0 saturated heterocycles. The summed E-state index contributed by atoms with van der Waals surface area (Å²) in [5.41, 5.74) is 2.24. The van der Waals surface area contributed by atoms with Crippen molar-refractivity contribution in [1.29, 1.82) is 0 Å². The van der Waals surface area contributed by atoms with E-state index in [0.717, 1.165) is 6.23 Å². The summed E-state index contributed by atoms with van der Waals surface area (Å²) in [7, 11) is -0.434. The molecule has 0 amide bonds. The molecule has 3 heteroatoms. The first-order chi connectivity index (χ1) is 10.7. The van der Waals surface area contributed by atoms with Crippen molar-refractivity contribution in [1.82, 2.24) is 0 Å². The van der Waals surface area contributed by atoms with Crippen LogP contribution in [0.3, 0.4) is 0 Å². The zero-order valence-corrected chi connectivity index (χ0v) is 15.6. The molecule has 1 radical (unpaired) electrons. The molecule has 2 rings (SSSR count). The molecular formula is C19H25OSi2. The van der Waals surface area contributed by atoms with Gasteiger partial charge in [-0.3, -0.25) is 0 Å². The smallest absolute Gasteiger partial charge is 0.116 e. The van der Waals surface area contributed by atoms with Crippen LogP contribution in [0.2, 0.25) is 18.6 Å². The Kier molecular flexibility index (Phi) is 6.37. The van der Waals surface area contributed by atoms with Crippen LogP contribution < -0.4 is 10.4 Å². The Labute approximate surface area is 137 Å². The quantitative estimate of drug-likeness (QED) is 0.677. The van der Waals surface area contributed by atoms with Crippen LogP contribution in [0, 0.1) is 0 Å². The van der Waals surface area contributed by atoms with Gasteiger partial charge in [0.05, 0.1) is 0 Å². The molecule has 1 atom stereocenters. The topological polar surface area (TPSA) is 9.23 Å². The monoisotopic (exact) mass is 325 g/mol. The van der Waals surface area contributed by atoms with E-state index in [2.05, 4.69) is 79.5 Å². The Bertz CT molecular complexity index is 571. The van der Waals surface area contributed by atoms with E-state index >= 15 is 0 Å². The van der Waals surface area contributed by atoms with Gasteiger partial charge >= 0.3 is 0 Å². The lowest BCUT2D eigenvalue weighted by molar-refractivity contribution is 0.249. The summed E-state index contributed by atoms with van der Waals surface area (Å²) in [5.74, 6) is 0.